The number of amides is 1. The van der Waals surface area contributed by atoms with Crippen molar-refractivity contribution in [2.75, 3.05) is 26.4 Å². The number of likely N-dealkylation sites (N-methyl/N-ethyl adjacent to an activating group) is 1. The van der Waals surface area contributed by atoms with Crippen molar-refractivity contribution in [2.45, 2.75) is 25.0 Å². The van der Waals surface area contributed by atoms with Crippen LogP contribution in [-0.2, 0) is 4.79 Å². The van der Waals surface area contributed by atoms with E-state index in [0.717, 1.165) is 17.1 Å². The van der Waals surface area contributed by atoms with E-state index in [2.05, 4.69) is 73.8 Å². The van der Waals surface area contributed by atoms with Crippen molar-refractivity contribution < 1.29 is 9.69 Å². The summed E-state index contributed by atoms with van der Waals surface area (Å²) in [5, 5.41) is 12.7. The molecule has 0 bridgehead atoms. The van der Waals surface area contributed by atoms with Gasteiger partial charge in [-0.25, -0.2) is 0 Å². The smallest absolute Gasteiger partial charge is 0.230 e. The van der Waals surface area contributed by atoms with Crippen molar-refractivity contribution in [3.8, 4) is 17.1 Å². The van der Waals surface area contributed by atoms with Crippen LogP contribution >= 0.6 is 11.8 Å². The minimum absolute atomic E-state index is 0.0203. The molecular weight excluding hydrogens is 454 g/mol. The summed E-state index contributed by atoms with van der Waals surface area (Å²) in [7, 11) is 4.21. The molecule has 1 amide bonds. The third-order valence-electron chi connectivity index (χ3n) is 6.15. The third-order valence-corrected chi connectivity index (χ3v) is 7.08. The number of hydrogen-bond acceptors (Lipinski definition) is 4. The first kappa shape index (κ1) is 24.7. The van der Waals surface area contributed by atoms with Crippen LogP contribution in [0.1, 0.15) is 22.7 Å². The van der Waals surface area contributed by atoms with E-state index in [1.807, 2.05) is 53.1 Å². The second-order valence-corrected chi connectivity index (χ2v) is 9.85. The van der Waals surface area contributed by atoms with Crippen LogP contribution in [0.2, 0.25) is 0 Å². The molecule has 0 saturated carbocycles. The van der Waals surface area contributed by atoms with Gasteiger partial charge in [0.2, 0.25) is 5.91 Å². The summed E-state index contributed by atoms with van der Waals surface area (Å²) in [6.07, 6.45) is 0. The summed E-state index contributed by atoms with van der Waals surface area (Å²) < 4.78 is 2.04. The lowest BCUT2D eigenvalue weighted by Gasteiger charge is -2.22. The van der Waals surface area contributed by atoms with Crippen LogP contribution in [0.3, 0.4) is 0 Å². The number of rotatable bonds is 9. The number of hydrogen-bond donors (Lipinski definition) is 2. The van der Waals surface area contributed by atoms with Crippen molar-refractivity contribution in [2.24, 2.45) is 0 Å². The molecule has 6 nitrogen and oxygen atoms in total. The highest BCUT2D eigenvalue weighted by molar-refractivity contribution is 7.99. The quantitative estimate of drug-likeness (QED) is 0.355. The zero-order chi connectivity index (χ0) is 24.8. The molecule has 180 valence electrons. The summed E-state index contributed by atoms with van der Waals surface area (Å²) in [6.45, 7) is 4.77. The summed E-state index contributed by atoms with van der Waals surface area (Å²) in [5.41, 5.74) is 5.60. The molecule has 0 unspecified atom stereocenters. The van der Waals surface area contributed by atoms with Gasteiger partial charge in [0.25, 0.3) is 0 Å². The minimum atomic E-state index is -0.0203. The fourth-order valence-electron chi connectivity index (χ4n) is 3.97. The molecule has 4 rings (SSSR count). The molecule has 35 heavy (non-hydrogen) atoms. The average molecular weight is 487 g/mol. The lowest BCUT2D eigenvalue weighted by Crippen LogP contribution is -3.07. The van der Waals surface area contributed by atoms with Crippen molar-refractivity contribution in [3.05, 3.63) is 95.6 Å². The molecule has 0 radical (unpaired) electrons. The number of aromatic nitrogens is 3. The van der Waals surface area contributed by atoms with Crippen LogP contribution in [0.5, 0.6) is 0 Å². The van der Waals surface area contributed by atoms with Gasteiger partial charge in [-0.2, -0.15) is 0 Å². The molecule has 0 aliphatic carbocycles. The standard InChI is InChI=1S/C28H31N5OS/c1-20-15-16-24(17-21(20)2)33-27(23-13-9-6-10-14-23)30-31-28(33)35-19-26(34)29-18-25(32(3)4)22-11-7-5-8-12-22/h5-17,25H,18-19H2,1-4H3,(H,29,34)/p+1/t25-/m0/s1. The molecule has 4 aromatic rings. The predicted octanol–water partition coefficient (Wildman–Crippen LogP) is 3.65. The number of quaternary nitrogens is 1. The molecule has 1 aromatic heterocycles. The van der Waals surface area contributed by atoms with Crippen LogP contribution in [-0.4, -0.2) is 47.1 Å². The number of nitrogens with one attached hydrogen (secondary N) is 2. The number of carbonyl (C=O) groups is 1. The Balaban J connectivity index is 1.51. The van der Waals surface area contributed by atoms with Gasteiger partial charge in [-0.3, -0.25) is 9.36 Å². The van der Waals surface area contributed by atoms with E-state index in [1.54, 1.807) is 0 Å². The van der Waals surface area contributed by atoms with E-state index in [1.165, 1.54) is 33.4 Å². The van der Waals surface area contributed by atoms with E-state index >= 15 is 0 Å². The van der Waals surface area contributed by atoms with E-state index in [4.69, 9.17) is 0 Å². The Hall–Kier alpha value is -3.42. The summed E-state index contributed by atoms with van der Waals surface area (Å²) in [5.74, 6) is 1.01. The van der Waals surface area contributed by atoms with E-state index in [0.29, 0.717) is 11.7 Å². The SMILES string of the molecule is Cc1ccc(-n2c(SCC(=O)NC[C@@H](c3ccccc3)[NH+](C)C)nnc2-c2ccccc2)cc1C. The van der Waals surface area contributed by atoms with Crippen LogP contribution in [0, 0.1) is 13.8 Å². The second-order valence-electron chi connectivity index (χ2n) is 8.91. The fraction of sp³-hybridized carbons (Fsp3) is 0.250. The Morgan fingerprint density at radius 3 is 2.29 bits per heavy atom. The summed E-state index contributed by atoms with van der Waals surface area (Å²) >= 11 is 1.40. The van der Waals surface area contributed by atoms with Crippen LogP contribution in [0.15, 0.2) is 84.0 Å². The number of benzene rings is 3. The number of thioether (sulfide) groups is 1. The molecule has 3 aromatic carbocycles. The van der Waals surface area contributed by atoms with Gasteiger partial charge in [-0.1, -0.05) is 78.5 Å². The van der Waals surface area contributed by atoms with Gasteiger partial charge in [-0.05, 0) is 37.1 Å². The first-order valence-electron chi connectivity index (χ1n) is 11.8. The second kappa shape index (κ2) is 11.3. The maximum absolute atomic E-state index is 12.8. The van der Waals surface area contributed by atoms with E-state index in [9.17, 15) is 4.79 Å². The van der Waals surface area contributed by atoms with Crippen LogP contribution in [0.25, 0.3) is 17.1 Å². The molecule has 0 spiro atoms. The Morgan fingerprint density at radius 1 is 0.943 bits per heavy atom. The number of nitrogens with zero attached hydrogens (tertiary/aromatic N) is 3. The third kappa shape index (κ3) is 5.99. The van der Waals surface area contributed by atoms with Gasteiger partial charge in [0.1, 0.15) is 6.04 Å². The normalized spacial score (nSPS) is 12.0. The Morgan fingerprint density at radius 2 is 1.63 bits per heavy atom. The monoisotopic (exact) mass is 486 g/mol. The molecule has 2 N–H and O–H groups in total. The molecular formula is C28H32N5OS+. The van der Waals surface area contributed by atoms with Crippen molar-refractivity contribution in [3.63, 3.8) is 0 Å². The van der Waals surface area contributed by atoms with Crippen molar-refractivity contribution in [1.82, 2.24) is 20.1 Å². The molecule has 0 aliphatic rings. The average Bonchev–Trinajstić information content (AvgIpc) is 3.29. The molecule has 0 fully saturated rings. The maximum atomic E-state index is 12.8. The first-order chi connectivity index (χ1) is 16.9. The lowest BCUT2D eigenvalue weighted by molar-refractivity contribution is -0.890. The Labute approximate surface area is 211 Å². The molecule has 1 heterocycles. The van der Waals surface area contributed by atoms with Crippen LogP contribution in [0.4, 0.5) is 0 Å². The van der Waals surface area contributed by atoms with Gasteiger partial charge >= 0.3 is 0 Å². The van der Waals surface area contributed by atoms with Gasteiger partial charge < -0.3 is 10.2 Å². The van der Waals surface area contributed by atoms with Gasteiger partial charge in [0.05, 0.1) is 32.1 Å². The minimum Gasteiger partial charge on any atom is -0.349 e. The Bertz CT molecular complexity index is 1270. The zero-order valence-electron chi connectivity index (χ0n) is 20.7. The topological polar surface area (TPSA) is 64.2 Å². The zero-order valence-corrected chi connectivity index (χ0v) is 21.5. The molecule has 0 saturated heterocycles. The van der Waals surface area contributed by atoms with Crippen LogP contribution < -0.4 is 10.2 Å². The summed E-state index contributed by atoms with van der Waals surface area (Å²) in [6, 6.07) is 26.8. The van der Waals surface area contributed by atoms with Crippen molar-refractivity contribution in [1.29, 1.82) is 0 Å². The highest BCUT2D eigenvalue weighted by atomic mass is 32.2. The van der Waals surface area contributed by atoms with E-state index < -0.39 is 0 Å². The van der Waals surface area contributed by atoms with Gasteiger partial charge in [0.15, 0.2) is 11.0 Å². The highest BCUT2D eigenvalue weighted by Crippen LogP contribution is 2.28. The first-order valence-corrected chi connectivity index (χ1v) is 12.8. The van der Waals surface area contributed by atoms with Crippen molar-refractivity contribution >= 4 is 17.7 Å². The molecule has 1 atom stereocenters. The number of carbonyl (C=O) groups excluding carboxylic acids is 1. The van der Waals surface area contributed by atoms with E-state index in [-0.39, 0.29) is 17.7 Å². The lowest BCUT2D eigenvalue weighted by atomic mass is 10.1. The molecule has 7 heteroatoms. The van der Waals surface area contributed by atoms with Gasteiger partial charge in [-0.15, -0.1) is 10.2 Å². The number of aryl methyl sites for hydroxylation is 2. The highest BCUT2D eigenvalue weighted by Gasteiger charge is 2.20. The largest absolute Gasteiger partial charge is 0.349 e. The summed E-state index contributed by atoms with van der Waals surface area (Å²) in [4.78, 5) is 14.1. The Kier molecular flexibility index (Phi) is 8.00. The fourth-order valence-corrected chi connectivity index (χ4v) is 4.75. The predicted molar refractivity (Wildman–Crippen MR) is 142 cm³/mol. The maximum Gasteiger partial charge on any atom is 0.230 e. The molecule has 0 aliphatic heterocycles. The van der Waals surface area contributed by atoms with Gasteiger partial charge in [0, 0.05) is 11.1 Å².